The van der Waals surface area contributed by atoms with Crippen LogP contribution in [0.3, 0.4) is 0 Å². The molecular weight excluding hydrogens is 216 g/mol. The summed E-state index contributed by atoms with van der Waals surface area (Å²) < 4.78 is 4.83. The minimum atomic E-state index is -0.487. The summed E-state index contributed by atoms with van der Waals surface area (Å²) in [6.45, 7) is 3.48. The summed E-state index contributed by atoms with van der Waals surface area (Å²) in [5.41, 5.74) is 2.89. The van der Waals surface area contributed by atoms with Crippen LogP contribution in [0.5, 0.6) is 0 Å². The highest BCUT2D eigenvalue weighted by molar-refractivity contribution is 5.37. The van der Waals surface area contributed by atoms with Gasteiger partial charge in [-0.05, 0) is 30.2 Å². The Morgan fingerprint density at radius 2 is 2.29 bits per heavy atom. The van der Waals surface area contributed by atoms with Gasteiger partial charge in [-0.2, -0.15) is 5.26 Å². The predicted octanol–water partition coefficient (Wildman–Crippen LogP) is 0.964. The molecule has 0 saturated heterocycles. The normalized spacial score (nSPS) is 12.1. The zero-order valence-electron chi connectivity index (χ0n) is 10.2. The first kappa shape index (κ1) is 13.7. The first-order valence-electron chi connectivity index (χ1n) is 5.54. The Bertz CT molecular complexity index is 399. The van der Waals surface area contributed by atoms with E-state index in [1.807, 2.05) is 19.1 Å². The Hall–Kier alpha value is -1.41. The molecule has 0 amide bonds. The summed E-state index contributed by atoms with van der Waals surface area (Å²) in [7, 11) is 1.56. The molecular formula is C13H18N2O2. The number of rotatable bonds is 6. The second kappa shape index (κ2) is 7.02. The highest BCUT2D eigenvalue weighted by Gasteiger charge is 2.04. The number of nitrogens with one attached hydrogen (secondary N) is 1. The van der Waals surface area contributed by atoms with Gasteiger partial charge in [0.15, 0.2) is 0 Å². The standard InChI is InChI=1S/C13H18N2O2/c1-10-5-11(6-14)3-4-12(10)7-15-8-13(16)9-17-2/h3-5,13,15-16H,7-9H2,1-2H3. The quantitative estimate of drug-likeness (QED) is 0.769. The predicted molar refractivity (Wildman–Crippen MR) is 65.5 cm³/mol. The molecule has 0 aliphatic carbocycles. The summed E-state index contributed by atoms with van der Waals surface area (Å²) in [5.74, 6) is 0. The summed E-state index contributed by atoms with van der Waals surface area (Å²) in [4.78, 5) is 0. The van der Waals surface area contributed by atoms with Gasteiger partial charge in [0.2, 0.25) is 0 Å². The van der Waals surface area contributed by atoms with E-state index in [0.717, 1.165) is 11.1 Å². The molecule has 1 unspecified atom stereocenters. The van der Waals surface area contributed by atoms with E-state index in [9.17, 15) is 5.11 Å². The molecule has 0 bridgehead atoms. The third-order valence-electron chi connectivity index (χ3n) is 2.53. The lowest BCUT2D eigenvalue weighted by atomic mass is 10.1. The van der Waals surface area contributed by atoms with Crippen LogP contribution in [0.25, 0.3) is 0 Å². The Morgan fingerprint density at radius 3 is 2.88 bits per heavy atom. The number of aryl methyl sites for hydroxylation is 1. The Balaban J connectivity index is 2.45. The molecule has 4 nitrogen and oxygen atoms in total. The fourth-order valence-corrected chi connectivity index (χ4v) is 1.59. The average Bonchev–Trinajstić information content (AvgIpc) is 2.31. The number of hydrogen-bond donors (Lipinski definition) is 2. The van der Waals surface area contributed by atoms with Crippen molar-refractivity contribution in [1.29, 1.82) is 5.26 Å². The molecule has 0 aliphatic heterocycles. The van der Waals surface area contributed by atoms with Crippen molar-refractivity contribution in [3.63, 3.8) is 0 Å². The molecule has 0 radical (unpaired) electrons. The maximum absolute atomic E-state index is 9.45. The minimum Gasteiger partial charge on any atom is -0.389 e. The van der Waals surface area contributed by atoms with Gasteiger partial charge in [0.25, 0.3) is 0 Å². The second-order valence-electron chi connectivity index (χ2n) is 3.99. The smallest absolute Gasteiger partial charge is 0.0991 e. The van der Waals surface area contributed by atoms with Crippen LogP contribution in [-0.4, -0.2) is 31.5 Å². The number of aliphatic hydroxyl groups excluding tert-OH is 1. The number of ether oxygens (including phenoxy) is 1. The summed E-state index contributed by atoms with van der Waals surface area (Å²) in [6, 6.07) is 7.71. The molecule has 0 heterocycles. The average molecular weight is 234 g/mol. The molecule has 1 aromatic carbocycles. The van der Waals surface area contributed by atoms with Crippen LogP contribution in [0.15, 0.2) is 18.2 Å². The van der Waals surface area contributed by atoms with Gasteiger partial charge < -0.3 is 15.2 Å². The fraction of sp³-hybridized carbons (Fsp3) is 0.462. The molecule has 0 saturated carbocycles. The van der Waals surface area contributed by atoms with E-state index in [2.05, 4.69) is 11.4 Å². The number of nitrogens with zero attached hydrogens (tertiary/aromatic N) is 1. The van der Waals surface area contributed by atoms with Gasteiger partial charge >= 0.3 is 0 Å². The van der Waals surface area contributed by atoms with Gasteiger partial charge in [-0.25, -0.2) is 0 Å². The molecule has 0 aliphatic rings. The van der Waals surface area contributed by atoms with Gasteiger partial charge in [0.05, 0.1) is 24.3 Å². The first-order chi connectivity index (χ1) is 8.17. The van der Waals surface area contributed by atoms with Crippen LogP contribution in [0.4, 0.5) is 0 Å². The van der Waals surface area contributed by atoms with E-state index in [1.165, 1.54) is 0 Å². The van der Waals surface area contributed by atoms with Crippen molar-refractivity contribution in [1.82, 2.24) is 5.32 Å². The first-order valence-corrected chi connectivity index (χ1v) is 5.54. The van der Waals surface area contributed by atoms with E-state index >= 15 is 0 Å². The monoisotopic (exact) mass is 234 g/mol. The Labute approximate surface area is 102 Å². The number of methoxy groups -OCH3 is 1. The molecule has 4 heteroatoms. The maximum atomic E-state index is 9.45. The third-order valence-corrected chi connectivity index (χ3v) is 2.53. The van der Waals surface area contributed by atoms with Crippen LogP contribution in [0.1, 0.15) is 16.7 Å². The zero-order valence-corrected chi connectivity index (χ0v) is 10.2. The van der Waals surface area contributed by atoms with Gasteiger partial charge in [0, 0.05) is 20.2 Å². The molecule has 1 atom stereocenters. The Morgan fingerprint density at radius 1 is 1.53 bits per heavy atom. The second-order valence-corrected chi connectivity index (χ2v) is 3.99. The van der Waals surface area contributed by atoms with Gasteiger partial charge in [-0.15, -0.1) is 0 Å². The van der Waals surface area contributed by atoms with Crippen LogP contribution in [0, 0.1) is 18.3 Å². The van der Waals surface area contributed by atoms with Crippen LogP contribution >= 0.6 is 0 Å². The molecule has 0 fully saturated rings. The summed E-state index contributed by atoms with van der Waals surface area (Å²) in [5, 5.41) is 21.3. The number of aliphatic hydroxyl groups is 1. The largest absolute Gasteiger partial charge is 0.389 e. The van der Waals surface area contributed by atoms with E-state index in [-0.39, 0.29) is 0 Å². The molecule has 92 valence electrons. The molecule has 2 N–H and O–H groups in total. The minimum absolute atomic E-state index is 0.333. The lowest BCUT2D eigenvalue weighted by Crippen LogP contribution is -2.29. The van der Waals surface area contributed by atoms with Crippen molar-refractivity contribution in [3.8, 4) is 6.07 Å². The zero-order chi connectivity index (χ0) is 12.7. The number of nitriles is 1. The fourth-order valence-electron chi connectivity index (χ4n) is 1.59. The highest BCUT2D eigenvalue weighted by atomic mass is 16.5. The number of hydrogen-bond acceptors (Lipinski definition) is 4. The molecule has 1 rings (SSSR count). The lowest BCUT2D eigenvalue weighted by Gasteiger charge is -2.12. The van der Waals surface area contributed by atoms with Crippen molar-refractivity contribution in [2.24, 2.45) is 0 Å². The van der Waals surface area contributed by atoms with Crippen molar-refractivity contribution >= 4 is 0 Å². The topological polar surface area (TPSA) is 65.3 Å². The van der Waals surface area contributed by atoms with E-state index in [4.69, 9.17) is 10.00 Å². The summed E-state index contributed by atoms with van der Waals surface area (Å²) >= 11 is 0. The lowest BCUT2D eigenvalue weighted by molar-refractivity contribution is 0.0644. The van der Waals surface area contributed by atoms with Crippen molar-refractivity contribution in [2.75, 3.05) is 20.3 Å². The molecule has 17 heavy (non-hydrogen) atoms. The molecule has 0 spiro atoms. The number of benzene rings is 1. The molecule has 1 aromatic rings. The van der Waals surface area contributed by atoms with Crippen molar-refractivity contribution in [2.45, 2.75) is 19.6 Å². The molecule has 0 aromatic heterocycles. The maximum Gasteiger partial charge on any atom is 0.0991 e. The van der Waals surface area contributed by atoms with Crippen LogP contribution in [-0.2, 0) is 11.3 Å². The van der Waals surface area contributed by atoms with E-state index < -0.39 is 6.10 Å². The van der Waals surface area contributed by atoms with Crippen molar-refractivity contribution in [3.05, 3.63) is 34.9 Å². The summed E-state index contributed by atoms with van der Waals surface area (Å²) in [6.07, 6.45) is -0.487. The van der Waals surface area contributed by atoms with Gasteiger partial charge in [-0.1, -0.05) is 6.07 Å². The third kappa shape index (κ3) is 4.53. The van der Waals surface area contributed by atoms with Crippen molar-refractivity contribution < 1.29 is 9.84 Å². The van der Waals surface area contributed by atoms with Crippen LogP contribution in [0.2, 0.25) is 0 Å². The Kier molecular flexibility index (Phi) is 5.64. The SMILES string of the molecule is COCC(O)CNCc1ccc(C#N)cc1C. The van der Waals surface area contributed by atoms with E-state index in [1.54, 1.807) is 13.2 Å². The van der Waals surface area contributed by atoms with E-state index in [0.29, 0.717) is 25.3 Å². The van der Waals surface area contributed by atoms with Gasteiger partial charge in [-0.3, -0.25) is 0 Å². The van der Waals surface area contributed by atoms with Gasteiger partial charge in [0.1, 0.15) is 0 Å². The van der Waals surface area contributed by atoms with Crippen LogP contribution < -0.4 is 5.32 Å². The highest BCUT2D eigenvalue weighted by Crippen LogP contribution is 2.10.